The number of aromatic nitrogens is 2. The van der Waals surface area contributed by atoms with Crippen molar-refractivity contribution < 1.29 is 9.53 Å². The predicted molar refractivity (Wildman–Crippen MR) is 108 cm³/mol. The summed E-state index contributed by atoms with van der Waals surface area (Å²) in [6.07, 6.45) is -0.167. The van der Waals surface area contributed by atoms with E-state index in [1.54, 1.807) is 7.11 Å². The van der Waals surface area contributed by atoms with E-state index in [2.05, 4.69) is 25.9 Å². The number of anilines is 1. The molecule has 3 N–H and O–H groups in total. The molecule has 8 heteroatoms. The Morgan fingerprint density at radius 1 is 1.18 bits per heavy atom. The first-order chi connectivity index (χ1) is 13.5. The van der Waals surface area contributed by atoms with Crippen molar-refractivity contribution in [3.05, 3.63) is 58.7 Å². The summed E-state index contributed by atoms with van der Waals surface area (Å²) >= 11 is 5.96. The Balaban J connectivity index is 1.59. The summed E-state index contributed by atoms with van der Waals surface area (Å²) in [4.78, 5) is 21.3. The minimum Gasteiger partial charge on any atom is -0.494 e. The van der Waals surface area contributed by atoms with Crippen LogP contribution in [0, 0.1) is 6.92 Å². The Labute approximate surface area is 167 Å². The molecule has 1 saturated heterocycles. The van der Waals surface area contributed by atoms with Crippen molar-refractivity contribution in [2.75, 3.05) is 12.4 Å². The minimum absolute atomic E-state index is 0.0636. The predicted octanol–water partition coefficient (Wildman–Crippen LogP) is 3.15. The average molecular weight is 398 g/mol. The molecule has 2 unspecified atom stereocenters. The number of aryl methyl sites for hydroxylation is 1. The van der Waals surface area contributed by atoms with Gasteiger partial charge in [-0.25, -0.2) is 9.97 Å². The molecular weight excluding hydrogens is 378 g/mol. The van der Waals surface area contributed by atoms with Crippen molar-refractivity contribution in [2.24, 2.45) is 0 Å². The van der Waals surface area contributed by atoms with Gasteiger partial charge in [-0.1, -0.05) is 35.9 Å². The smallest absolute Gasteiger partial charge is 0.226 e. The largest absolute Gasteiger partial charge is 0.494 e. The SMILES string of the molecule is COc1cccc2c(C)nc(NC3NC(=O)CC(c4ccc(Cl)cc4)N3)nc12. The molecule has 0 saturated carbocycles. The topological polar surface area (TPSA) is 88.2 Å². The number of hydrogen-bond donors (Lipinski definition) is 3. The number of para-hydroxylation sites is 1. The summed E-state index contributed by atoms with van der Waals surface area (Å²) in [6.45, 7) is 1.91. The first-order valence-corrected chi connectivity index (χ1v) is 9.30. The van der Waals surface area contributed by atoms with Gasteiger partial charge in [0.1, 0.15) is 11.3 Å². The van der Waals surface area contributed by atoms with Crippen LogP contribution >= 0.6 is 11.6 Å². The van der Waals surface area contributed by atoms with Crippen molar-refractivity contribution >= 4 is 34.4 Å². The van der Waals surface area contributed by atoms with Gasteiger partial charge < -0.3 is 15.4 Å². The minimum atomic E-state index is -0.506. The van der Waals surface area contributed by atoms with E-state index >= 15 is 0 Å². The monoisotopic (exact) mass is 397 g/mol. The number of nitrogens with one attached hydrogen (secondary N) is 3. The van der Waals surface area contributed by atoms with Crippen LogP contribution in [0.4, 0.5) is 5.95 Å². The van der Waals surface area contributed by atoms with Crippen LogP contribution < -0.4 is 20.7 Å². The molecule has 0 spiro atoms. The first-order valence-electron chi connectivity index (χ1n) is 8.92. The Morgan fingerprint density at radius 2 is 1.96 bits per heavy atom. The van der Waals surface area contributed by atoms with E-state index < -0.39 is 6.29 Å². The second-order valence-electron chi connectivity index (χ2n) is 6.61. The number of fused-ring (bicyclic) bond motifs is 1. The van der Waals surface area contributed by atoms with Crippen LogP contribution in [0.15, 0.2) is 42.5 Å². The number of amides is 1. The summed E-state index contributed by atoms with van der Waals surface area (Å²) in [7, 11) is 1.61. The number of methoxy groups -OCH3 is 1. The summed E-state index contributed by atoms with van der Waals surface area (Å²) < 4.78 is 5.41. The molecule has 0 aliphatic carbocycles. The van der Waals surface area contributed by atoms with Crippen LogP contribution in [-0.2, 0) is 4.79 Å². The number of hydrogen-bond acceptors (Lipinski definition) is 6. The van der Waals surface area contributed by atoms with E-state index in [0.29, 0.717) is 23.1 Å². The molecular formula is C20H20ClN5O2. The van der Waals surface area contributed by atoms with Gasteiger partial charge in [-0.05, 0) is 30.7 Å². The maximum atomic E-state index is 12.2. The zero-order valence-electron chi connectivity index (χ0n) is 15.5. The molecule has 144 valence electrons. The molecule has 0 bridgehead atoms. The second kappa shape index (κ2) is 7.61. The highest BCUT2D eigenvalue weighted by molar-refractivity contribution is 6.30. The average Bonchev–Trinajstić information content (AvgIpc) is 2.68. The van der Waals surface area contributed by atoms with E-state index in [4.69, 9.17) is 16.3 Å². The van der Waals surface area contributed by atoms with Gasteiger partial charge in [-0.2, -0.15) is 0 Å². The quantitative estimate of drug-likeness (QED) is 0.626. The summed E-state index contributed by atoms with van der Waals surface area (Å²) in [6, 6.07) is 13.0. The highest BCUT2D eigenvalue weighted by atomic mass is 35.5. The second-order valence-corrected chi connectivity index (χ2v) is 7.05. The molecule has 1 amide bonds. The molecule has 2 atom stereocenters. The number of ether oxygens (including phenoxy) is 1. The molecule has 1 aliphatic rings. The van der Waals surface area contributed by atoms with E-state index in [1.807, 2.05) is 49.4 Å². The summed E-state index contributed by atoms with van der Waals surface area (Å²) in [5.74, 6) is 1.01. The van der Waals surface area contributed by atoms with Gasteiger partial charge in [0, 0.05) is 22.9 Å². The Bertz CT molecular complexity index is 1030. The number of benzene rings is 2. The Morgan fingerprint density at radius 3 is 2.71 bits per heavy atom. The number of nitrogens with zero attached hydrogens (tertiary/aromatic N) is 2. The van der Waals surface area contributed by atoms with Gasteiger partial charge in [0.25, 0.3) is 0 Å². The first kappa shape index (κ1) is 18.5. The molecule has 2 heterocycles. The summed E-state index contributed by atoms with van der Waals surface area (Å²) in [5.41, 5.74) is 2.53. The van der Waals surface area contributed by atoms with E-state index in [0.717, 1.165) is 22.2 Å². The maximum Gasteiger partial charge on any atom is 0.226 e. The normalized spacial score (nSPS) is 19.3. The van der Waals surface area contributed by atoms with Crippen LogP contribution in [0.2, 0.25) is 5.02 Å². The fraction of sp³-hybridized carbons (Fsp3) is 0.250. The van der Waals surface area contributed by atoms with Gasteiger partial charge in [0.15, 0.2) is 6.29 Å². The van der Waals surface area contributed by atoms with Gasteiger partial charge in [-0.3, -0.25) is 10.1 Å². The standard InChI is InChI=1S/C20H20ClN5O2/c1-11-14-4-3-5-16(28-2)18(14)25-19(22-11)26-20-23-15(10-17(27)24-20)12-6-8-13(21)9-7-12/h3-9,15,20,23H,10H2,1-2H3,(H,24,27)(H,22,25,26). The van der Waals surface area contributed by atoms with Crippen molar-refractivity contribution in [3.63, 3.8) is 0 Å². The summed E-state index contributed by atoms with van der Waals surface area (Å²) in [5, 5.41) is 11.0. The lowest BCUT2D eigenvalue weighted by atomic mass is 10.0. The lowest BCUT2D eigenvalue weighted by Crippen LogP contribution is -2.56. The zero-order valence-corrected chi connectivity index (χ0v) is 16.2. The molecule has 2 aromatic carbocycles. The molecule has 1 aromatic heterocycles. The molecule has 7 nitrogen and oxygen atoms in total. The highest BCUT2D eigenvalue weighted by Gasteiger charge is 2.27. The van der Waals surface area contributed by atoms with Crippen LogP contribution in [0.3, 0.4) is 0 Å². The Kier molecular flexibility index (Phi) is 5.02. The van der Waals surface area contributed by atoms with Gasteiger partial charge in [0.2, 0.25) is 11.9 Å². The van der Waals surface area contributed by atoms with Crippen molar-refractivity contribution in [2.45, 2.75) is 25.7 Å². The Hall–Kier alpha value is -2.90. The fourth-order valence-electron chi connectivity index (χ4n) is 3.33. The van der Waals surface area contributed by atoms with Crippen LogP contribution in [0.25, 0.3) is 10.9 Å². The number of carbonyl (C=O) groups excluding carboxylic acids is 1. The molecule has 1 aliphatic heterocycles. The molecule has 4 rings (SSSR count). The van der Waals surface area contributed by atoms with E-state index in [1.165, 1.54) is 0 Å². The van der Waals surface area contributed by atoms with Gasteiger partial charge >= 0.3 is 0 Å². The highest BCUT2D eigenvalue weighted by Crippen LogP contribution is 2.27. The molecule has 28 heavy (non-hydrogen) atoms. The number of carbonyl (C=O) groups is 1. The van der Waals surface area contributed by atoms with Gasteiger partial charge in [-0.15, -0.1) is 0 Å². The third-order valence-corrected chi connectivity index (χ3v) is 4.96. The van der Waals surface area contributed by atoms with Crippen molar-refractivity contribution in [1.29, 1.82) is 0 Å². The molecule has 0 radical (unpaired) electrons. The van der Waals surface area contributed by atoms with Gasteiger partial charge in [0.05, 0.1) is 12.8 Å². The maximum absolute atomic E-state index is 12.2. The third kappa shape index (κ3) is 3.72. The number of halogens is 1. The third-order valence-electron chi connectivity index (χ3n) is 4.71. The zero-order chi connectivity index (χ0) is 19.7. The van der Waals surface area contributed by atoms with Crippen LogP contribution in [-0.4, -0.2) is 29.3 Å². The number of rotatable bonds is 4. The van der Waals surface area contributed by atoms with E-state index in [9.17, 15) is 4.79 Å². The molecule has 1 fully saturated rings. The lowest BCUT2D eigenvalue weighted by Gasteiger charge is -2.32. The van der Waals surface area contributed by atoms with Crippen LogP contribution in [0.5, 0.6) is 5.75 Å². The van der Waals surface area contributed by atoms with Crippen molar-refractivity contribution in [3.8, 4) is 5.75 Å². The molecule has 3 aromatic rings. The van der Waals surface area contributed by atoms with Crippen LogP contribution in [0.1, 0.15) is 23.7 Å². The van der Waals surface area contributed by atoms with Crippen molar-refractivity contribution in [1.82, 2.24) is 20.6 Å². The van der Waals surface area contributed by atoms with E-state index in [-0.39, 0.29) is 11.9 Å². The lowest BCUT2D eigenvalue weighted by molar-refractivity contribution is -0.124. The fourth-order valence-corrected chi connectivity index (χ4v) is 3.46.